The Kier molecular flexibility index (Phi) is 15.7. The normalized spacial score (nSPS) is 13.2. The third kappa shape index (κ3) is 10.7. The fraction of sp³-hybridized carbons (Fsp3) is 0. The summed E-state index contributed by atoms with van der Waals surface area (Å²) in [6.45, 7) is 0.273. The van der Waals surface area contributed by atoms with E-state index in [1.807, 2.05) is 109 Å². The molecule has 8 aliphatic rings. The van der Waals surface area contributed by atoms with Gasteiger partial charge in [0, 0.05) is 82.7 Å². The Hall–Kier alpha value is -17.0. The average molecular weight is 1670 g/mol. The van der Waals surface area contributed by atoms with E-state index in [-0.39, 0.29) is 26.9 Å². The molecule has 12 nitrogen and oxygen atoms in total. The summed E-state index contributed by atoms with van der Waals surface area (Å²) in [5.41, 5.74) is 25.8. The van der Waals surface area contributed by atoms with Crippen LogP contribution in [0, 0.1) is 0 Å². The minimum atomic E-state index is 0.0616. The molecule has 0 unspecified atom stereocenters. The first-order valence-electron chi connectivity index (χ1n) is 44.1. The van der Waals surface area contributed by atoms with Crippen molar-refractivity contribution in [2.75, 3.05) is 0 Å². The molecule has 0 spiro atoms. The summed E-state index contributed by atoms with van der Waals surface area (Å²) in [5, 5.41) is 9.41. The number of fused-ring (bicyclic) bond motifs is 31. The van der Waals surface area contributed by atoms with Crippen LogP contribution in [0.4, 0.5) is 0 Å². The first kappa shape index (κ1) is 72.4. The second-order valence-electron chi connectivity index (χ2n) is 34.1. The Labute approximate surface area is 746 Å². The molecule has 130 heavy (non-hydrogen) atoms. The molecule has 0 radical (unpaired) electrons. The maximum absolute atomic E-state index is 6.74. The van der Waals surface area contributed by atoms with Crippen LogP contribution in [0.3, 0.4) is 0 Å². The topological polar surface area (TPSA) is 102 Å². The van der Waals surface area contributed by atoms with Crippen LogP contribution < -0.4 is 103 Å². The largest absolute Gasteiger partial charge is 0.458 e. The maximum Gasteiger partial charge on any atom is 0.260 e. The predicted octanol–water partition coefficient (Wildman–Crippen LogP) is 20.8. The number of benzene rings is 19. The van der Waals surface area contributed by atoms with Crippen LogP contribution >= 0.6 is 0 Å². The summed E-state index contributed by atoms with van der Waals surface area (Å²) in [4.78, 5) is 0. The number of rotatable bonds is 3. The minimum absolute atomic E-state index is 0.0616. The van der Waals surface area contributed by atoms with Gasteiger partial charge >= 0.3 is 0 Å². The molecule has 12 heterocycles. The smallest absolute Gasteiger partial charge is 0.260 e. The molecule has 0 atom stereocenters. The standard InChI is InChI=1S/3C30H18BNO2.C24H13BO3/c1-2-9-19(10-3-1)32-24-13-6-4-11-20(24)21-17-23-29(18-25(21)32)34-28-16-8-15-27-30(28)31(23)22-12-5-7-14-26(22)33-27;1-2-9-19(10-3-1)32-24-13-6-4-11-20(24)21-17-18-23-30(29(21)32)34-27-16-8-15-26-28(27)31(23)22-12-5-7-14-25(22)33-26;1-2-9-19(10-3-1)32-23-13-6-4-11-20(23)28-24(32)18-17-22-30(28)34-27-16-8-15-26-29(27)31(22)21-12-5-7-14-25(21)33-26;1-3-8-18-14(6-1)15-12-13-17-24(23(15)27-18)28-21-11-5-10-20-22(21)25(17)16-7-2-4-9-19(16)26-20/h3*1-18H;1-13H. The summed E-state index contributed by atoms with van der Waals surface area (Å²) in [6.07, 6.45) is 0. The van der Waals surface area contributed by atoms with Crippen LogP contribution in [0.5, 0.6) is 92.0 Å². The lowest BCUT2D eigenvalue weighted by atomic mass is 9.35. The SMILES string of the molecule is c1ccc(-n2c3ccccc3c3c4c(ccc32)B2c3ccccc3Oc3cccc(c32)O4)cc1.c1ccc(-n2c3ccccc3c3cc4c(cc32)Oc2cccc3c2B4c2ccccc2O3)cc1.c1ccc(-n2c3ccccc3c3ccc4c(c32)Oc2cccc3c2B4c2ccccc2O3)cc1.c1ccc2c(c1)Oc1cccc3c1B2c1ccc2c(oc4ccccc42)c1O3. The summed E-state index contributed by atoms with van der Waals surface area (Å²) >= 11 is 0. The van der Waals surface area contributed by atoms with Crippen LogP contribution in [-0.4, -0.2) is 40.6 Å². The Morgan fingerprint density at radius 2 is 0.515 bits per heavy atom. The van der Waals surface area contributed by atoms with E-state index in [2.05, 4.69) is 311 Å². The van der Waals surface area contributed by atoms with Gasteiger partial charge < -0.3 is 56.0 Å². The Morgan fingerprint density at radius 1 is 0.177 bits per heavy atom. The van der Waals surface area contributed by atoms with Crippen LogP contribution in [0.25, 0.3) is 104 Å². The number of ether oxygens (including phenoxy) is 8. The Bertz CT molecular complexity index is 8650. The number of para-hydroxylation sites is 11. The van der Waals surface area contributed by atoms with Gasteiger partial charge in [0.05, 0.1) is 38.5 Å². The highest BCUT2D eigenvalue weighted by molar-refractivity contribution is 7.00. The zero-order valence-corrected chi connectivity index (χ0v) is 69.5. The molecule has 23 aromatic rings. The van der Waals surface area contributed by atoms with Gasteiger partial charge in [-0.05, 0) is 183 Å². The van der Waals surface area contributed by atoms with E-state index < -0.39 is 0 Å². The molecule has 0 fully saturated rings. The molecule has 0 bridgehead atoms. The molecular weight excluding hydrogens is 1600 g/mol. The minimum Gasteiger partial charge on any atom is -0.458 e. The van der Waals surface area contributed by atoms with Crippen molar-refractivity contribution >= 4 is 180 Å². The van der Waals surface area contributed by atoms with Crippen molar-refractivity contribution in [1.82, 2.24) is 13.7 Å². The van der Waals surface area contributed by atoms with Crippen LogP contribution in [-0.2, 0) is 0 Å². The molecule has 0 amide bonds. The molecule has 16 heteroatoms. The van der Waals surface area contributed by atoms with E-state index >= 15 is 0 Å². The lowest BCUT2D eigenvalue weighted by molar-refractivity contribution is 0.461. The first-order chi connectivity index (χ1) is 64.5. The molecule has 0 saturated carbocycles. The summed E-state index contributed by atoms with van der Waals surface area (Å²) < 4.78 is 64.7. The summed E-state index contributed by atoms with van der Waals surface area (Å²) in [5.74, 6) is 14.1. The van der Waals surface area contributed by atoms with Gasteiger partial charge in [-0.1, -0.05) is 261 Å². The molecule has 4 aromatic heterocycles. The lowest BCUT2D eigenvalue weighted by Gasteiger charge is -2.33. The van der Waals surface area contributed by atoms with E-state index in [0.29, 0.717) is 0 Å². The second kappa shape index (κ2) is 28.3. The molecule has 0 saturated heterocycles. The fourth-order valence-corrected chi connectivity index (χ4v) is 21.8. The second-order valence-corrected chi connectivity index (χ2v) is 34.1. The fourth-order valence-electron chi connectivity index (χ4n) is 21.8. The first-order valence-corrected chi connectivity index (χ1v) is 44.1. The van der Waals surface area contributed by atoms with Crippen LogP contribution in [0.1, 0.15) is 0 Å². The molecule has 0 N–H and O–H groups in total. The van der Waals surface area contributed by atoms with E-state index in [1.165, 1.54) is 76.3 Å². The van der Waals surface area contributed by atoms with E-state index in [0.717, 1.165) is 186 Å². The van der Waals surface area contributed by atoms with E-state index in [4.69, 9.17) is 42.3 Å². The number of hydrogen-bond acceptors (Lipinski definition) is 9. The predicted molar refractivity (Wildman–Crippen MR) is 527 cm³/mol. The van der Waals surface area contributed by atoms with Gasteiger partial charge in [-0.25, -0.2) is 0 Å². The van der Waals surface area contributed by atoms with Gasteiger partial charge in [0.2, 0.25) is 0 Å². The van der Waals surface area contributed by atoms with Crippen molar-refractivity contribution in [2.45, 2.75) is 0 Å². The average Bonchev–Trinajstić information content (AvgIpc) is 1.40. The third-order valence-electron chi connectivity index (χ3n) is 27.2. The number of nitrogens with zero attached hydrogens (tertiary/aromatic N) is 3. The monoisotopic (exact) mass is 1670 g/mol. The molecule has 31 rings (SSSR count). The number of furan rings is 1. The lowest BCUT2D eigenvalue weighted by Crippen LogP contribution is -2.57. The maximum atomic E-state index is 6.74. The van der Waals surface area contributed by atoms with Crippen molar-refractivity contribution in [3.63, 3.8) is 0 Å². The van der Waals surface area contributed by atoms with Crippen LogP contribution in [0.15, 0.2) is 411 Å². The summed E-state index contributed by atoms with van der Waals surface area (Å²) in [6, 6.07) is 141. The van der Waals surface area contributed by atoms with E-state index in [1.54, 1.807) is 0 Å². The zero-order chi connectivity index (χ0) is 84.9. The van der Waals surface area contributed by atoms with Crippen molar-refractivity contribution < 1.29 is 42.3 Å². The van der Waals surface area contributed by atoms with Gasteiger partial charge in [0.25, 0.3) is 26.9 Å². The van der Waals surface area contributed by atoms with Crippen LogP contribution in [0.2, 0.25) is 0 Å². The Balaban J connectivity index is 0.0000000874. The van der Waals surface area contributed by atoms with Gasteiger partial charge in [0.1, 0.15) is 91.8 Å². The van der Waals surface area contributed by atoms with Crippen molar-refractivity contribution in [3.05, 3.63) is 406 Å². The highest BCUT2D eigenvalue weighted by Crippen LogP contribution is 2.48. The Morgan fingerprint density at radius 3 is 1.02 bits per heavy atom. The van der Waals surface area contributed by atoms with Gasteiger partial charge in [-0.2, -0.15) is 0 Å². The third-order valence-corrected chi connectivity index (χ3v) is 27.2. The molecule has 0 aliphatic carbocycles. The van der Waals surface area contributed by atoms with Gasteiger partial charge in [0.15, 0.2) is 11.3 Å². The number of aromatic nitrogens is 3. The van der Waals surface area contributed by atoms with E-state index in [9.17, 15) is 0 Å². The van der Waals surface area contributed by atoms with Crippen molar-refractivity contribution in [1.29, 1.82) is 0 Å². The van der Waals surface area contributed by atoms with Crippen molar-refractivity contribution in [2.24, 2.45) is 0 Å². The van der Waals surface area contributed by atoms with Gasteiger partial charge in [-0.15, -0.1) is 0 Å². The van der Waals surface area contributed by atoms with Gasteiger partial charge in [-0.3, -0.25) is 0 Å². The summed E-state index contributed by atoms with van der Waals surface area (Å²) in [7, 11) is 0. The molecular formula is C114H67B4N3O9. The van der Waals surface area contributed by atoms with Crippen molar-refractivity contribution in [3.8, 4) is 109 Å². The quantitative estimate of drug-likeness (QED) is 0.160. The molecule has 19 aromatic carbocycles. The molecule has 604 valence electrons. The number of hydrogen-bond donors (Lipinski definition) is 0. The molecule has 8 aliphatic heterocycles. The zero-order valence-electron chi connectivity index (χ0n) is 69.5. The highest BCUT2D eigenvalue weighted by Gasteiger charge is 2.46. The highest BCUT2D eigenvalue weighted by atomic mass is 16.5.